The summed E-state index contributed by atoms with van der Waals surface area (Å²) in [5, 5.41) is 0. The van der Waals surface area contributed by atoms with Crippen LogP contribution < -0.4 is 4.90 Å². The van der Waals surface area contributed by atoms with Gasteiger partial charge in [0, 0.05) is 87.8 Å². The predicted molar refractivity (Wildman–Crippen MR) is 290 cm³/mol. The summed E-state index contributed by atoms with van der Waals surface area (Å²) in [6, 6.07) is 22.1. The fraction of sp³-hybridized carbons (Fsp3) is 0.517. The van der Waals surface area contributed by atoms with Crippen molar-refractivity contribution in [2.45, 2.75) is 133 Å². The van der Waals surface area contributed by atoms with E-state index in [4.69, 9.17) is 8.92 Å². The van der Waals surface area contributed by atoms with E-state index >= 15 is 0 Å². The average molecular weight is 966 g/mol. The largest absolute Gasteiger partial charge is 0.460 e. The van der Waals surface area contributed by atoms with Crippen molar-refractivity contribution in [1.82, 2.24) is 0 Å². The highest BCUT2D eigenvalue weighted by Gasteiger charge is 2.45. The molecule has 0 unspecified atom stereocenters. The van der Waals surface area contributed by atoms with Crippen molar-refractivity contribution in [2.24, 2.45) is 0 Å². The minimum Gasteiger partial charge on any atom is -0.460 e. The highest BCUT2D eigenvalue weighted by molar-refractivity contribution is 7.94. The summed E-state index contributed by atoms with van der Waals surface area (Å²) in [5.41, 5.74) is 13.0. The first-order valence-electron chi connectivity index (χ1n) is 24.9. The van der Waals surface area contributed by atoms with E-state index < -0.39 is 5.60 Å². The van der Waals surface area contributed by atoms with Crippen molar-refractivity contribution < 1.29 is 31.8 Å². The molecule has 0 spiro atoms. The van der Waals surface area contributed by atoms with Crippen molar-refractivity contribution in [3.63, 3.8) is 0 Å². The van der Waals surface area contributed by atoms with Gasteiger partial charge in [0.15, 0.2) is 12.3 Å². The van der Waals surface area contributed by atoms with Crippen LogP contribution in [0.4, 0.5) is 11.4 Å². The molecule has 3 aliphatic rings. The summed E-state index contributed by atoms with van der Waals surface area (Å²) in [6.45, 7) is 23.2. The molecule has 0 bridgehead atoms. The van der Waals surface area contributed by atoms with Gasteiger partial charge in [0.1, 0.15) is 5.60 Å². The molecule has 3 aromatic rings. The molecule has 10 heteroatoms. The Labute approximate surface area is 420 Å². The lowest BCUT2D eigenvalue weighted by molar-refractivity contribution is -0.871. The van der Waals surface area contributed by atoms with E-state index in [1.54, 1.807) is 7.11 Å². The van der Waals surface area contributed by atoms with Crippen LogP contribution in [0.3, 0.4) is 0 Å². The first-order chi connectivity index (χ1) is 31.9. The molecule has 0 aromatic heterocycles. The number of aryl methyl sites for hydroxylation is 1. The zero-order chi connectivity index (χ0) is 50.2. The third-order valence-corrected chi connectivity index (χ3v) is 14.2. The molecule has 0 fully saturated rings. The third kappa shape index (κ3) is 13.9. The van der Waals surface area contributed by atoms with Crippen molar-refractivity contribution in [3.8, 4) is 0 Å². The molecule has 2 aliphatic heterocycles. The fourth-order valence-electron chi connectivity index (χ4n) is 9.87. The molecule has 0 radical (unpaired) electrons. The molecular formula is C58H85N4O4S2+3. The molecule has 0 atom stereocenters. The Hall–Kier alpha value is -3.90. The molecule has 1 aliphatic carbocycles. The van der Waals surface area contributed by atoms with Crippen LogP contribution in [0, 0.1) is 0 Å². The van der Waals surface area contributed by atoms with E-state index in [9.17, 15) is 9.35 Å². The third-order valence-electron chi connectivity index (χ3n) is 13.1. The molecule has 8 nitrogen and oxygen atoms in total. The molecule has 0 amide bonds. The summed E-state index contributed by atoms with van der Waals surface area (Å²) < 4.78 is 25.6. The van der Waals surface area contributed by atoms with Gasteiger partial charge in [0.2, 0.25) is 5.69 Å². The van der Waals surface area contributed by atoms with Crippen LogP contribution in [-0.4, -0.2) is 111 Å². The molecule has 370 valence electrons. The summed E-state index contributed by atoms with van der Waals surface area (Å²) in [7, 11) is 15.3. The topological polar surface area (TPSA) is 62.0 Å². The zero-order valence-electron chi connectivity index (χ0n) is 44.6. The van der Waals surface area contributed by atoms with E-state index in [0.717, 1.165) is 94.6 Å². The SMILES string of the molecule is CC.COSc1ccc2c(c1)C(C)(C)/C(=C\C=C1/CCCC(/C=C/C3=[N+](CCC[N+](C)(C)C)c4ccc(SO)cc4C3(C)C)=C1c1ccc(CCC(=O)OC(C)(C)C)cc1)N2CCC[N+](C)(C)C. The first-order valence-corrected chi connectivity index (χ1v) is 26.4. The molecule has 3 aromatic carbocycles. The highest BCUT2D eigenvalue weighted by atomic mass is 32.2. The van der Waals surface area contributed by atoms with Crippen LogP contribution in [0.5, 0.6) is 0 Å². The number of carbonyl (C=O) groups is 1. The van der Waals surface area contributed by atoms with Crippen LogP contribution in [0.25, 0.3) is 5.57 Å². The average Bonchev–Trinajstić information content (AvgIpc) is 3.60. The molecular weight excluding hydrogens is 881 g/mol. The molecule has 6 rings (SSSR count). The number of allylic oxidation sites excluding steroid dienone is 8. The number of benzene rings is 3. The van der Waals surface area contributed by atoms with E-state index in [1.165, 1.54) is 68.2 Å². The molecule has 2 heterocycles. The predicted octanol–water partition coefficient (Wildman–Crippen LogP) is 13.6. The Bertz CT molecular complexity index is 2400. The quantitative estimate of drug-likeness (QED) is 0.0590. The number of ether oxygens (including phenoxy) is 1. The zero-order valence-corrected chi connectivity index (χ0v) is 46.3. The number of carbonyl (C=O) groups excluding carboxylic acids is 1. The van der Waals surface area contributed by atoms with Gasteiger partial charge in [0.25, 0.3) is 0 Å². The maximum Gasteiger partial charge on any atom is 0.306 e. The second-order valence-corrected chi connectivity index (χ2v) is 24.1. The standard InChI is InChI=1S/C56H78N4O4S2.C2H6/c1-54(2,3)64-52(61)33-22-40-20-23-43(24-21-40)53-41(25-31-50-55(4,5)46-38-44(65-62)27-29-48(46)57(50)34-16-36-59(8,9)10)18-15-19-42(53)26-32-51-56(6,7)47-39-45(66-63-14)28-30-49(47)58(51)35-17-37-60(11,12)13;1-2/h20-21,23-32,38-39H,15-19,22,33-37H2,1-14H3;1-2H3/q+2;/p+1. The number of anilines is 1. The van der Waals surface area contributed by atoms with E-state index in [2.05, 4.69) is 158 Å². The van der Waals surface area contributed by atoms with E-state index in [-0.39, 0.29) is 16.8 Å². The van der Waals surface area contributed by atoms with Gasteiger partial charge in [0.05, 0.1) is 74.3 Å². The lowest BCUT2D eigenvalue weighted by atomic mass is 9.79. The Morgan fingerprint density at radius 3 is 2.10 bits per heavy atom. The van der Waals surface area contributed by atoms with Gasteiger partial charge in [-0.25, -0.2) is 0 Å². The van der Waals surface area contributed by atoms with Crippen LogP contribution >= 0.6 is 24.1 Å². The smallest absolute Gasteiger partial charge is 0.306 e. The Morgan fingerprint density at radius 1 is 0.824 bits per heavy atom. The number of esters is 1. The van der Waals surface area contributed by atoms with Crippen molar-refractivity contribution in [3.05, 3.63) is 124 Å². The molecule has 0 saturated carbocycles. The normalized spacial score (nSPS) is 18.1. The number of quaternary nitrogens is 2. The van der Waals surface area contributed by atoms with Gasteiger partial charge >= 0.3 is 5.97 Å². The Morgan fingerprint density at radius 2 is 1.47 bits per heavy atom. The second kappa shape index (κ2) is 22.9. The number of nitrogens with zero attached hydrogens (tertiary/aromatic N) is 4. The van der Waals surface area contributed by atoms with Crippen molar-refractivity contribution in [1.29, 1.82) is 0 Å². The number of hydrogen-bond acceptors (Lipinski definition) is 7. The van der Waals surface area contributed by atoms with E-state index in [1.807, 2.05) is 40.7 Å². The molecule has 0 saturated heterocycles. The number of rotatable bonds is 18. The summed E-state index contributed by atoms with van der Waals surface area (Å²) in [5.74, 6) is -0.170. The van der Waals surface area contributed by atoms with Crippen LogP contribution in [-0.2, 0) is 31.0 Å². The minimum absolute atomic E-state index is 0.170. The number of hydrogen-bond donors (Lipinski definition) is 1. The lowest BCUT2D eigenvalue weighted by Crippen LogP contribution is -2.37. The maximum atomic E-state index is 12.7. The van der Waals surface area contributed by atoms with E-state index in [0.29, 0.717) is 12.8 Å². The fourth-order valence-corrected chi connectivity index (χ4v) is 10.6. The Balaban J connectivity index is 0.00000426. The Kier molecular flexibility index (Phi) is 18.5. The summed E-state index contributed by atoms with van der Waals surface area (Å²) in [4.78, 5) is 17.2. The van der Waals surface area contributed by atoms with Gasteiger partial charge < -0.3 is 27.3 Å². The monoisotopic (exact) mass is 966 g/mol. The van der Waals surface area contributed by atoms with Gasteiger partial charge in [-0.3, -0.25) is 4.79 Å². The second-order valence-electron chi connectivity index (χ2n) is 22.5. The van der Waals surface area contributed by atoms with Crippen LogP contribution in [0.15, 0.2) is 112 Å². The minimum atomic E-state index is -0.499. The number of fused-ring (bicyclic) bond motifs is 2. The highest BCUT2D eigenvalue weighted by Crippen LogP contribution is 2.50. The molecule has 1 N–H and O–H groups in total. The first kappa shape index (κ1) is 55.0. The summed E-state index contributed by atoms with van der Waals surface area (Å²) in [6.07, 6.45) is 15.8. The van der Waals surface area contributed by atoms with Crippen LogP contribution in [0.2, 0.25) is 0 Å². The lowest BCUT2D eigenvalue weighted by Gasteiger charge is -2.29. The molecule has 68 heavy (non-hydrogen) atoms. The maximum absolute atomic E-state index is 12.7. The van der Waals surface area contributed by atoms with Gasteiger partial charge in [-0.15, -0.1) is 0 Å². The van der Waals surface area contributed by atoms with Gasteiger partial charge in [-0.1, -0.05) is 64.1 Å². The van der Waals surface area contributed by atoms with Gasteiger partial charge in [-0.05, 0) is 130 Å². The van der Waals surface area contributed by atoms with Crippen LogP contribution in [0.1, 0.15) is 123 Å². The summed E-state index contributed by atoms with van der Waals surface area (Å²) >= 11 is 2.24. The van der Waals surface area contributed by atoms with Crippen molar-refractivity contribution in [2.75, 3.05) is 80.5 Å². The van der Waals surface area contributed by atoms with Gasteiger partial charge in [-0.2, -0.15) is 4.58 Å². The van der Waals surface area contributed by atoms with Crippen molar-refractivity contribution >= 4 is 52.7 Å².